The summed E-state index contributed by atoms with van der Waals surface area (Å²) in [7, 11) is 0. The van der Waals surface area contributed by atoms with Gasteiger partial charge in [0.15, 0.2) is 5.76 Å². The molecule has 0 spiro atoms. The number of rotatable bonds is 4. The number of aliphatic hydroxyl groups is 1. The second-order valence-electron chi connectivity index (χ2n) is 5.91. The van der Waals surface area contributed by atoms with Crippen molar-refractivity contribution in [2.75, 3.05) is 0 Å². The number of hydrogen-bond donors (Lipinski definition) is 2. The molecule has 2 aromatic rings. The minimum atomic E-state index is -0.909. The molecule has 1 aromatic heterocycles. The number of halogens is 1. The summed E-state index contributed by atoms with van der Waals surface area (Å²) in [6.45, 7) is 1.55. The molecule has 0 radical (unpaired) electrons. The third-order valence-electron chi connectivity index (χ3n) is 4.13. The molecule has 23 heavy (non-hydrogen) atoms. The number of benzene rings is 1. The van der Waals surface area contributed by atoms with Gasteiger partial charge in [-0.25, -0.2) is 0 Å². The van der Waals surface area contributed by atoms with Crippen molar-refractivity contribution >= 4 is 17.5 Å². The molecule has 0 saturated heterocycles. The van der Waals surface area contributed by atoms with Gasteiger partial charge in [-0.2, -0.15) is 0 Å². The second-order valence-corrected chi connectivity index (χ2v) is 6.34. The number of aliphatic hydroxyl groups excluding tert-OH is 1. The molecule has 1 aromatic carbocycles. The lowest BCUT2D eigenvalue weighted by Crippen LogP contribution is -2.33. The average Bonchev–Trinajstić information content (AvgIpc) is 3.16. The van der Waals surface area contributed by atoms with Crippen LogP contribution in [0.4, 0.5) is 0 Å². The molecule has 1 fully saturated rings. The molecule has 1 unspecified atom stereocenters. The maximum atomic E-state index is 12.7. The van der Waals surface area contributed by atoms with Gasteiger partial charge < -0.3 is 14.9 Å². The first-order chi connectivity index (χ1) is 11.1. The Morgan fingerprint density at radius 1 is 1.35 bits per heavy atom. The van der Waals surface area contributed by atoms with E-state index in [2.05, 4.69) is 10.5 Å². The highest BCUT2D eigenvalue weighted by atomic mass is 35.5. The molecule has 1 heterocycles. The Hall–Kier alpha value is -1.85. The van der Waals surface area contributed by atoms with Gasteiger partial charge in [0, 0.05) is 16.6 Å². The van der Waals surface area contributed by atoms with E-state index in [1.54, 1.807) is 31.2 Å². The smallest absolute Gasteiger partial charge is 0.257 e. The van der Waals surface area contributed by atoms with Crippen molar-refractivity contribution in [2.24, 2.45) is 0 Å². The standard InChI is InChI=1S/C17H19ClN2O3/c1-10(21)16-14(17(22)19-13-4-2-3-5-13)15(20-23-16)11-6-8-12(18)9-7-11/h6-10,13,21H,2-5H2,1H3,(H,19,22). The lowest BCUT2D eigenvalue weighted by atomic mass is 10.0. The molecule has 3 rings (SSSR count). The van der Waals surface area contributed by atoms with Crippen LogP contribution in [-0.4, -0.2) is 22.2 Å². The van der Waals surface area contributed by atoms with Crippen molar-refractivity contribution in [1.82, 2.24) is 10.5 Å². The van der Waals surface area contributed by atoms with E-state index in [0.29, 0.717) is 16.3 Å². The topological polar surface area (TPSA) is 75.4 Å². The van der Waals surface area contributed by atoms with Crippen LogP contribution < -0.4 is 5.32 Å². The third-order valence-corrected chi connectivity index (χ3v) is 4.39. The summed E-state index contributed by atoms with van der Waals surface area (Å²) in [5.41, 5.74) is 1.45. The van der Waals surface area contributed by atoms with Crippen LogP contribution in [0.3, 0.4) is 0 Å². The summed E-state index contributed by atoms with van der Waals surface area (Å²) >= 11 is 5.91. The molecule has 1 saturated carbocycles. The molecule has 0 aliphatic heterocycles. The highest BCUT2D eigenvalue weighted by Gasteiger charge is 2.28. The summed E-state index contributed by atoms with van der Waals surface area (Å²) < 4.78 is 5.23. The number of aromatic nitrogens is 1. The van der Waals surface area contributed by atoms with E-state index in [0.717, 1.165) is 31.2 Å². The van der Waals surface area contributed by atoms with Crippen molar-refractivity contribution in [2.45, 2.75) is 44.8 Å². The minimum absolute atomic E-state index is 0.178. The highest BCUT2D eigenvalue weighted by molar-refractivity contribution is 6.30. The van der Waals surface area contributed by atoms with Gasteiger partial charge in [-0.3, -0.25) is 4.79 Å². The van der Waals surface area contributed by atoms with Gasteiger partial charge in [-0.1, -0.05) is 41.7 Å². The summed E-state index contributed by atoms with van der Waals surface area (Å²) in [5.74, 6) is -0.0653. The summed E-state index contributed by atoms with van der Waals surface area (Å²) in [6, 6.07) is 7.19. The fraction of sp³-hybridized carbons (Fsp3) is 0.412. The van der Waals surface area contributed by atoms with Crippen LogP contribution in [0.25, 0.3) is 11.3 Å². The zero-order valence-corrected chi connectivity index (χ0v) is 13.6. The quantitative estimate of drug-likeness (QED) is 0.893. The van der Waals surface area contributed by atoms with Gasteiger partial charge >= 0.3 is 0 Å². The van der Waals surface area contributed by atoms with Gasteiger partial charge in [-0.15, -0.1) is 0 Å². The van der Waals surface area contributed by atoms with Gasteiger partial charge in [0.05, 0.1) is 0 Å². The van der Waals surface area contributed by atoms with Crippen molar-refractivity contribution in [3.63, 3.8) is 0 Å². The molecule has 2 N–H and O–H groups in total. The van der Waals surface area contributed by atoms with Gasteiger partial charge in [0.2, 0.25) is 0 Å². The average molecular weight is 335 g/mol. The molecule has 1 aliphatic rings. The first-order valence-corrected chi connectivity index (χ1v) is 8.18. The monoisotopic (exact) mass is 334 g/mol. The summed E-state index contributed by atoms with van der Waals surface area (Å²) in [4.78, 5) is 12.7. The molecular formula is C17H19ClN2O3. The molecule has 0 bridgehead atoms. The predicted octanol–water partition coefficient (Wildman–Crippen LogP) is 3.72. The fourth-order valence-corrected chi connectivity index (χ4v) is 3.07. The van der Waals surface area contributed by atoms with Gasteiger partial charge in [0.1, 0.15) is 17.4 Å². The summed E-state index contributed by atoms with van der Waals surface area (Å²) in [6.07, 6.45) is 3.31. The number of nitrogens with one attached hydrogen (secondary N) is 1. The largest absolute Gasteiger partial charge is 0.385 e. The van der Waals surface area contributed by atoms with E-state index in [1.165, 1.54) is 0 Å². The number of carbonyl (C=O) groups is 1. The maximum Gasteiger partial charge on any atom is 0.257 e. The van der Waals surface area contributed by atoms with Crippen molar-refractivity contribution in [3.05, 3.63) is 40.6 Å². The Labute approximate surface area is 139 Å². The van der Waals surface area contributed by atoms with Crippen LogP contribution in [-0.2, 0) is 0 Å². The van der Waals surface area contributed by atoms with Crippen molar-refractivity contribution in [1.29, 1.82) is 0 Å². The Morgan fingerprint density at radius 3 is 2.61 bits per heavy atom. The zero-order valence-electron chi connectivity index (χ0n) is 12.9. The highest BCUT2D eigenvalue weighted by Crippen LogP contribution is 2.30. The van der Waals surface area contributed by atoms with E-state index >= 15 is 0 Å². The van der Waals surface area contributed by atoms with Crippen LogP contribution in [0.15, 0.2) is 28.8 Å². The van der Waals surface area contributed by atoms with E-state index in [4.69, 9.17) is 16.1 Å². The number of amides is 1. The van der Waals surface area contributed by atoms with Crippen LogP contribution in [0, 0.1) is 0 Å². The lowest BCUT2D eigenvalue weighted by molar-refractivity contribution is 0.0925. The van der Waals surface area contributed by atoms with Crippen LogP contribution in [0.1, 0.15) is 54.8 Å². The number of nitrogens with zero attached hydrogens (tertiary/aromatic N) is 1. The van der Waals surface area contributed by atoms with Crippen molar-refractivity contribution < 1.29 is 14.4 Å². The summed E-state index contributed by atoms with van der Waals surface area (Å²) in [5, 5.41) is 17.5. The molecule has 1 amide bonds. The second kappa shape index (κ2) is 6.72. The normalized spacial score (nSPS) is 16.5. The zero-order chi connectivity index (χ0) is 16.4. The van der Waals surface area contributed by atoms with Crippen LogP contribution in [0.5, 0.6) is 0 Å². The van der Waals surface area contributed by atoms with Gasteiger partial charge in [0.25, 0.3) is 5.91 Å². The third kappa shape index (κ3) is 3.41. The molecule has 5 nitrogen and oxygen atoms in total. The first kappa shape index (κ1) is 16.0. The Bertz CT molecular complexity index is 688. The van der Waals surface area contributed by atoms with Crippen LogP contribution >= 0.6 is 11.6 Å². The number of hydrogen-bond acceptors (Lipinski definition) is 4. The Kier molecular flexibility index (Phi) is 4.68. The maximum absolute atomic E-state index is 12.7. The molecule has 6 heteroatoms. The van der Waals surface area contributed by atoms with Gasteiger partial charge in [-0.05, 0) is 31.9 Å². The SMILES string of the molecule is CC(O)c1onc(-c2ccc(Cl)cc2)c1C(=O)NC1CCCC1. The molecule has 1 aliphatic carbocycles. The Morgan fingerprint density at radius 2 is 2.00 bits per heavy atom. The Balaban J connectivity index is 1.96. The van der Waals surface area contributed by atoms with E-state index in [1.807, 2.05) is 0 Å². The predicted molar refractivity (Wildman–Crippen MR) is 87.3 cm³/mol. The fourth-order valence-electron chi connectivity index (χ4n) is 2.94. The molecule has 1 atom stereocenters. The minimum Gasteiger partial charge on any atom is -0.385 e. The van der Waals surface area contributed by atoms with E-state index in [9.17, 15) is 9.90 Å². The van der Waals surface area contributed by atoms with E-state index < -0.39 is 6.10 Å². The van der Waals surface area contributed by atoms with Crippen molar-refractivity contribution in [3.8, 4) is 11.3 Å². The molecular weight excluding hydrogens is 316 g/mol. The number of carbonyl (C=O) groups excluding carboxylic acids is 1. The molecule has 122 valence electrons. The lowest BCUT2D eigenvalue weighted by Gasteiger charge is -2.13. The van der Waals surface area contributed by atoms with E-state index in [-0.39, 0.29) is 17.7 Å². The first-order valence-electron chi connectivity index (χ1n) is 7.80. The van der Waals surface area contributed by atoms with Crippen LogP contribution in [0.2, 0.25) is 5.02 Å².